The van der Waals surface area contributed by atoms with Crippen molar-refractivity contribution in [3.63, 3.8) is 0 Å². The molecule has 6 nitrogen and oxygen atoms in total. The standard InChI is InChI=1S/C24H33N5O/c1-16(23(30)25-24-13-17-10-18(14-24)12-19(11-17)15-24)28-8-5-20(6-9-28)22-27-26-21-4-2-3-7-29(21)22/h2-4,7,16-20H,5-6,8-15H2,1H3,(H,25,30). The fourth-order valence-electron chi connectivity index (χ4n) is 7.48. The average Bonchev–Trinajstić information content (AvgIpc) is 3.16. The second kappa shape index (κ2) is 7.04. The number of hydrogen-bond acceptors (Lipinski definition) is 4. The molecule has 6 heteroatoms. The third-order valence-electron chi connectivity index (χ3n) is 8.59. The largest absolute Gasteiger partial charge is 0.349 e. The van der Waals surface area contributed by atoms with E-state index in [1.807, 2.05) is 18.2 Å². The molecule has 5 aliphatic rings. The van der Waals surface area contributed by atoms with Crippen molar-refractivity contribution in [2.45, 2.75) is 75.8 Å². The van der Waals surface area contributed by atoms with Gasteiger partial charge in [0.15, 0.2) is 5.65 Å². The fourth-order valence-corrected chi connectivity index (χ4v) is 7.48. The smallest absolute Gasteiger partial charge is 0.237 e. The van der Waals surface area contributed by atoms with Gasteiger partial charge >= 0.3 is 0 Å². The van der Waals surface area contributed by atoms with Crippen molar-refractivity contribution in [2.75, 3.05) is 13.1 Å². The van der Waals surface area contributed by atoms with Gasteiger partial charge in [0.05, 0.1) is 6.04 Å². The lowest BCUT2D eigenvalue weighted by molar-refractivity contribution is -0.132. The molecule has 1 unspecified atom stereocenters. The summed E-state index contributed by atoms with van der Waals surface area (Å²) in [5.41, 5.74) is 1.03. The van der Waals surface area contributed by atoms with E-state index in [1.54, 1.807) is 0 Å². The Morgan fingerprint density at radius 3 is 2.40 bits per heavy atom. The molecule has 4 saturated carbocycles. The minimum Gasteiger partial charge on any atom is -0.349 e. The number of fused-ring (bicyclic) bond motifs is 1. The van der Waals surface area contributed by atoms with Crippen LogP contribution in [0.25, 0.3) is 5.65 Å². The lowest BCUT2D eigenvalue weighted by Crippen LogP contribution is -2.62. The van der Waals surface area contributed by atoms with Gasteiger partial charge in [0.25, 0.3) is 0 Å². The van der Waals surface area contributed by atoms with Gasteiger partial charge in [-0.1, -0.05) is 6.07 Å². The topological polar surface area (TPSA) is 62.5 Å². The Balaban J connectivity index is 1.09. The van der Waals surface area contributed by atoms with E-state index in [4.69, 9.17) is 0 Å². The third-order valence-corrected chi connectivity index (χ3v) is 8.59. The zero-order chi connectivity index (χ0) is 20.3. The number of hydrogen-bond donors (Lipinski definition) is 1. The molecule has 0 aromatic carbocycles. The van der Waals surface area contributed by atoms with Gasteiger partial charge in [-0.15, -0.1) is 10.2 Å². The van der Waals surface area contributed by atoms with E-state index < -0.39 is 0 Å². The molecule has 2 aromatic rings. The molecule has 5 fully saturated rings. The predicted octanol–water partition coefficient (Wildman–Crippen LogP) is 3.38. The van der Waals surface area contributed by atoms with E-state index >= 15 is 0 Å². The Labute approximate surface area is 178 Å². The van der Waals surface area contributed by atoms with E-state index in [0.717, 1.165) is 55.2 Å². The Morgan fingerprint density at radius 1 is 1.07 bits per heavy atom. The van der Waals surface area contributed by atoms with E-state index in [-0.39, 0.29) is 17.5 Å². The molecule has 1 aliphatic heterocycles. The van der Waals surface area contributed by atoms with E-state index in [0.29, 0.717) is 5.92 Å². The highest BCUT2D eigenvalue weighted by Gasteiger charge is 2.51. The van der Waals surface area contributed by atoms with E-state index in [9.17, 15) is 4.79 Å². The second-order valence-electron chi connectivity index (χ2n) is 10.7. The van der Waals surface area contributed by atoms with Crippen molar-refractivity contribution in [1.29, 1.82) is 0 Å². The zero-order valence-corrected chi connectivity index (χ0v) is 18.0. The molecule has 2 aromatic heterocycles. The van der Waals surface area contributed by atoms with Gasteiger partial charge in [0, 0.05) is 17.7 Å². The molecule has 0 spiro atoms. The van der Waals surface area contributed by atoms with Gasteiger partial charge in [-0.2, -0.15) is 0 Å². The summed E-state index contributed by atoms with van der Waals surface area (Å²) >= 11 is 0. The van der Waals surface area contributed by atoms with Crippen molar-refractivity contribution in [3.8, 4) is 0 Å². The monoisotopic (exact) mass is 407 g/mol. The van der Waals surface area contributed by atoms with E-state index in [2.05, 4.69) is 37.9 Å². The van der Waals surface area contributed by atoms with Gasteiger partial charge < -0.3 is 5.32 Å². The van der Waals surface area contributed by atoms with Crippen LogP contribution in [-0.2, 0) is 4.79 Å². The Hall–Kier alpha value is -1.95. The molecule has 4 bridgehead atoms. The summed E-state index contributed by atoms with van der Waals surface area (Å²) < 4.78 is 2.11. The van der Waals surface area contributed by atoms with Gasteiger partial charge in [0.1, 0.15) is 5.82 Å². The Morgan fingerprint density at radius 2 is 1.73 bits per heavy atom. The molecule has 7 rings (SSSR count). The number of piperidine rings is 1. The number of carbonyl (C=O) groups is 1. The molecule has 1 amide bonds. The number of rotatable bonds is 4. The second-order valence-corrected chi connectivity index (χ2v) is 10.7. The predicted molar refractivity (Wildman–Crippen MR) is 115 cm³/mol. The molecule has 0 radical (unpaired) electrons. The van der Waals surface area contributed by atoms with Gasteiger partial charge in [-0.25, -0.2) is 0 Å². The first-order valence-electron chi connectivity index (χ1n) is 11.9. The van der Waals surface area contributed by atoms with Crippen LogP contribution in [0, 0.1) is 17.8 Å². The van der Waals surface area contributed by atoms with Crippen LogP contribution < -0.4 is 5.32 Å². The van der Waals surface area contributed by atoms with Crippen LogP contribution in [0.5, 0.6) is 0 Å². The molecular weight excluding hydrogens is 374 g/mol. The number of nitrogens with one attached hydrogen (secondary N) is 1. The van der Waals surface area contributed by atoms with Crippen LogP contribution in [-0.4, -0.2) is 50.1 Å². The molecule has 1 saturated heterocycles. The van der Waals surface area contributed by atoms with Crippen molar-refractivity contribution in [3.05, 3.63) is 30.2 Å². The first kappa shape index (κ1) is 18.8. The molecule has 3 heterocycles. The number of likely N-dealkylation sites (tertiary alicyclic amines) is 1. The highest BCUT2D eigenvalue weighted by molar-refractivity contribution is 5.82. The average molecular weight is 408 g/mol. The molecule has 4 aliphatic carbocycles. The summed E-state index contributed by atoms with van der Waals surface area (Å²) in [6, 6.07) is 5.99. The number of aromatic nitrogens is 3. The number of carbonyl (C=O) groups excluding carboxylic acids is 1. The summed E-state index contributed by atoms with van der Waals surface area (Å²) in [5.74, 6) is 4.32. The van der Waals surface area contributed by atoms with Crippen molar-refractivity contribution >= 4 is 11.6 Å². The minimum absolute atomic E-state index is 0.0471. The van der Waals surface area contributed by atoms with Gasteiger partial charge in [-0.05, 0) is 101 Å². The normalized spacial score (nSPS) is 35.0. The van der Waals surface area contributed by atoms with Crippen LogP contribution in [0.15, 0.2) is 24.4 Å². The summed E-state index contributed by atoms with van der Waals surface area (Å²) in [6.45, 7) is 3.99. The van der Waals surface area contributed by atoms with E-state index in [1.165, 1.54) is 38.5 Å². The molecule has 30 heavy (non-hydrogen) atoms. The SMILES string of the molecule is CC(C(=O)NC12CC3CC(CC(C3)C1)C2)N1CCC(c2nnc3ccccn23)CC1. The fraction of sp³-hybridized carbons (Fsp3) is 0.708. The minimum atomic E-state index is -0.0471. The molecule has 1 atom stereocenters. The highest BCUT2D eigenvalue weighted by Crippen LogP contribution is 2.55. The summed E-state index contributed by atoms with van der Waals surface area (Å²) in [4.78, 5) is 15.6. The Bertz CT molecular complexity index is 909. The highest BCUT2D eigenvalue weighted by atomic mass is 16.2. The van der Waals surface area contributed by atoms with Gasteiger partial charge in [0.2, 0.25) is 5.91 Å². The third kappa shape index (κ3) is 3.15. The first-order valence-corrected chi connectivity index (χ1v) is 11.9. The lowest BCUT2D eigenvalue weighted by Gasteiger charge is -2.57. The van der Waals surface area contributed by atoms with Gasteiger partial charge in [-0.3, -0.25) is 14.1 Å². The maximum absolute atomic E-state index is 13.2. The zero-order valence-electron chi connectivity index (χ0n) is 18.0. The lowest BCUT2D eigenvalue weighted by atomic mass is 9.53. The van der Waals surface area contributed by atoms with Crippen LogP contribution in [0.3, 0.4) is 0 Å². The Kier molecular flexibility index (Phi) is 4.41. The number of amides is 1. The summed E-state index contributed by atoms with van der Waals surface area (Å²) in [6.07, 6.45) is 12.0. The quantitative estimate of drug-likeness (QED) is 0.844. The van der Waals surface area contributed by atoms with Crippen LogP contribution >= 0.6 is 0 Å². The van der Waals surface area contributed by atoms with Crippen LogP contribution in [0.2, 0.25) is 0 Å². The summed E-state index contributed by atoms with van der Waals surface area (Å²) in [5, 5.41) is 12.4. The number of pyridine rings is 1. The molecule has 1 N–H and O–H groups in total. The first-order chi connectivity index (χ1) is 14.6. The number of nitrogens with zero attached hydrogens (tertiary/aromatic N) is 4. The molecular formula is C24H33N5O. The summed E-state index contributed by atoms with van der Waals surface area (Å²) in [7, 11) is 0. The van der Waals surface area contributed by atoms with Crippen molar-refractivity contribution < 1.29 is 4.79 Å². The maximum atomic E-state index is 13.2. The van der Waals surface area contributed by atoms with Crippen LogP contribution in [0.4, 0.5) is 0 Å². The van der Waals surface area contributed by atoms with Crippen LogP contribution in [0.1, 0.15) is 70.0 Å². The van der Waals surface area contributed by atoms with Crippen molar-refractivity contribution in [1.82, 2.24) is 24.8 Å². The van der Waals surface area contributed by atoms with Crippen molar-refractivity contribution in [2.24, 2.45) is 17.8 Å². The maximum Gasteiger partial charge on any atom is 0.237 e. The molecule has 160 valence electrons.